The fraction of sp³-hybridized carbons (Fsp3) is 0.500. The Balaban J connectivity index is 0.00000280. The van der Waals surface area contributed by atoms with Gasteiger partial charge < -0.3 is 25.0 Å². The smallest absolute Gasteiger partial charge is 0.191 e. The quantitative estimate of drug-likeness (QED) is 0.294. The van der Waals surface area contributed by atoms with Gasteiger partial charge in [-0.25, -0.2) is 4.98 Å². The van der Waals surface area contributed by atoms with E-state index in [-0.39, 0.29) is 36.0 Å². The number of imidazole rings is 1. The molecule has 2 heterocycles. The summed E-state index contributed by atoms with van der Waals surface area (Å²) >= 11 is 0. The van der Waals surface area contributed by atoms with Crippen LogP contribution in [-0.2, 0) is 17.8 Å². The van der Waals surface area contributed by atoms with E-state index in [0.717, 1.165) is 38.5 Å². The zero-order valence-electron chi connectivity index (χ0n) is 16.3. The Morgan fingerprint density at radius 3 is 2.89 bits per heavy atom. The number of nitrogens with one attached hydrogen (secondary N) is 2. The van der Waals surface area contributed by atoms with Crippen LogP contribution in [0, 0.1) is 5.41 Å². The van der Waals surface area contributed by atoms with Crippen molar-refractivity contribution in [2.24, 2.45) is 10.4 Å². The molecule has 1 saturated heterocycles. The first-order chi connectivity index (χ1) is 13.2. The highest BCUT2D eigenvalue weighted by atomic mass is 127. The van der Waals surface area contributed by atoms with Crippen molar-refractivity contribution in [3.8, 4) is 0 Å². The van der Waals surface area contributed by atoms with Gasteiger partial charge in [-0.05, 0) is 24.0 Å². The fourth-order valence-corrected chi connectivity index (χ4v) is 3.42. The monoisotopic (exact) mass is 499 g/mol. The molecule has 8 heteroatoms. The maximum atomic E-state index is 9.35. The van der Waals surface area contributed by atoms with Gasteiger partial charge in [0, 0.05) is 57.7 Å². The highest BCUT2D eigenvalue weighted by Gasteiger charge is 2.34. The summed E-state index contributed by atoms with van der Waals surface area (Å²) in [5.41, 5.74) is 2.43. The molecule has 28 heavy (non-hydrogen) atoms. The number of aliphatic imine (C=N–C) groups is 1. The number of halogens is 1. The zero-order valence-corrected chi connectivity index (χ0v) is 18.6. The molecule has 0 amide bonds. The van der Waals surface area contributed by atoms with E-state index in [1.54, 1.807) is 13.2 Å². The van der Waals surface area contributed by atoms with Gasteiger partial charge in [0.1, 0.15) is 0 Å². The molecule has 0 bridgehead atoms. The van der Waals surface area contributed by atoms with Crippen LogP contribution in [0.2, 0.25) is 0 Å². The lowest BCUT2D eigenvalue weighted by molar-refractivity contribution is 0.127. The third-order valence-corrected chi connectivity index (χ3v) is 5.06. The molecule has 0 radical (unpaired) electrons. The van der Waals surface area contributed by atoms with E-state index in [4.69, 9.17) is 4.74 Å². The fourth-order valence-electron chi connectivity index (χ4n) is 3.42. The van der Waals surface area contributed by atoms with E-state index in [1.165, 1.54) is 11.1 Å². The van der Waals surface area contributed by atoms with Crippen LogP contribution < -0.4 is 10.6 Å². The largest absolute Gasteiger partial charge is 0.396 e. The lowest BCUT2D eigenvalue weighted by atomic mass is 9.84. The molecule has 1 aromatic carbocycles. The van der Waals surface area contributed by atoms with Crippen molar-refractivity contribution in [2.75, 3.05) is 33.4 Å². The van der Waals surface area contributed by atoms with Crippen LogP contribution in [0.1, 0.15) is 24.0 Å². The molecule has 1 unspecified atom stereocenters. The standard InChI is InChI=1S/C20H29N5O2.HI/c1-21-19(24-14-20(5-9-26)6-10-27-15-20)23-12-17-3-2-4-18(11-17)13-25-8-7-22-16-25;/h2-4,7-8,11,16,26H,5-6,9-10,12-15H2,1H3,(H2,21,23,24);1H. The van der Waals surface area contributed by atoms with Crippen molar-refractivity contribution in [3.63, 3.8) is 0 Å². The van der Waals surface area contributed by atoms with E-state index < -0.39 is 0 Å². The van der Waals surface area contributed by atoms with Crippen molar-refractivity contribution in [1.82, 2.24) is 20.2 Å². The summed E-state index contributed by atoms with van der Waals surface area (Å²) in [6.07, 6.45) is 7.29. The lowest BCUT2D eigenvalue weighted by Crippen LogP contribution is -2.44. The molecule has 0 aliphatic carbocycles. The highest BCUT2D eigenvalue weighted by molar-refractivity contribution is 14.0. The maximum absolute atomic E-state index is 9.35. The molecule has 0 spiro atoms. The summed E-state index contributed by atoms with van der Waals surface area (Å²) in [6, 6.07) is 8.50. The van der Waals surface area contributed by atoms with Gasteiger partial charge in [-0.3, -0.25) is 4.99 Å². The summed E-state index contributed by atoms with van der Waals surface area (Å²) < 4.78 is 7.60. The minimum atomic E-state index is -0.00289. The second-order valence-electron chi connectivity index (χ2n) is 7.11. The SMILES string of the molecule is CN=C(NCc1cccc(Cn2ccnc2)c1)NCC1(CCO)CCOC1.I. The number of aliphatic hydroxyl groups is 1. The molecule has 154 valence electrons. The van der Waals surface area contributed by atoms with Crippen LogP contribution in [0.15, 0.2) is 48.0 Å². The van der Waals surface area contributed by atoms with Crippen LogP contribution in [0.3, 0.4) is 0 Å². The van der Waals surface area contributed by atoms with Crippen molar-refractivity contribution >= 4 is 29.9 Å². The van der Waals surface area contributed by atoms with Crippen molar-refractivity contribution in [3.05, 3.63) is 54.1 Å². The van der Waals surface area contributed by atoms with Gasteiger partial charge in [-0.2, -0.15) is 0 Å². The maximum Gasteiger partial charge on any atom is 0.191 e. The number of hydrogen-bond donors (Lipinski definition) is 3. The van der Waals surface area contributed by atoms with E-state index >= 15 is 0 Å². The van der Waals surface area contributed by atoms with Gasteiger partial charge >= 0.3 is 0 Å². The zero-order chi connectivity index (χ0) is 19.0. The number of nitrogens with zero attached hydrogens (tertiary/aromatic N) is 3. The summed E-state index contributed by atoms with van der Waals surface area (Å²) in [6.45, 7) is 3.88. The van der Waals surface area contributed by atoms with Crippen LogP contribution in [0.4, 0.5) is 0 Å². The van der Waals surface area contributed by atoms with Crippen molar-refractivity contribution < 1.29 is 9.84 Å². The molecular weight excluding hydrogens is 469 g/mol. The first-order valence-electron chi connectivity index (χ1n) is 9.40. The van der Waals surface area contributed by atoms with Gasteiger partial charge in [0.15, 0.2) is 5.96 Å². The molecule has 7 nitrogen and oxygen atoms in total. The third-order valence-electron chi connectivity index (χ3n) is 5.06. The summed E-state index contributed by atoms with van der Waals surface area (Å²) in [4.78, 5) is 8.40. The topological polar surface area (TPSA) is 83.7 Å². The normalized spacial score (nSPS) is 19.3. The first-order valence-corrected chi connectivity index (χ1v) is 9.40. The van der Waals surface area contributed by atoms with Gasteiger partial charge in [-0.1, -0.05) is 24.3 Å². The van der Waals surface area contributed by atoms with E-state index in [9.17, 15) is 5.11 Å². The van der Waals surface area contributed by atoms with Gasteiger partial charge in [0.05, 0.1) is 12.9 Å². The molecule has 1 aliphatic heterocycles. The summed E-state index contributed by atoms with van der Waals surface area (Å²) in [7, 11) is 1.77. The molecule has 0 saturated carbocycles. The Morgan fingerprint density at radius 1 is 1.36 bits per heavy atom. The molecule has 3 N–H and O–H groups in total. The van der Waals surface area contributed by atoms with Gasteiger partial charge in [0.2, 0.25) is 0 Å². The predicted octanol–water partition coefficient (Wildman–Crippen LogP) is 2.00. The average molecular weight is 499 g/mol. The van der Waals surface area contributed by atoms with Gasteiger partial charge in [0.25, 0.3) is 0 Å². The Kier molecular flexibility index (Phi) is 9.20. The minimum Gasteiger partial charge on any atom is -0.396 e. The van der Waals surface area contributed by atoms with Crippen molar-refractivity contribution in [1.29, 1.82) is 0 Å². The lowest BCUT2D eigenvalue weighted by Gasteiger charge is -2.27. The average Bonchev–Trinajstić information content (AvgIpc) is 3.35. The Hall–Kier alpha value is -1.65. The molecule has 2 aromatic rings. The molecular formula is C20H30IN5O2. The Morgan fingerprint density at radius 2 is 2.21 bits per heavy atom. The predicted molar refractivity (Wildman–Crippen MR) is 121 cm³/mol. The second kappa shape index (κ2) is 11.4. The molecule has 1 atom stereocenters. The van der Waals surface area contributed by atoms with E-state index in [1.807, 2.05) is 12.5 Å². The number of aromatic nitrogens is 2. The Bertz CT molecular complexity index is 730. The molecule has 3 rings (SSSR count). The Labute approximate surface area is 183 Å². The molecule has 1 fully saturated rings. The number of aliphatic hydroxyl groups excluding tert-OH is 1. The van der Waals surface area contributed by atoms with E-state index in [2.05, 4.69) is 49.4 Å². The van der Waals surface area contributed by atoms with Crippen LogP contribution in [0.25, 0.3) is 0 Å². The van der Waals surface area contributed by atoms with Crippen molar-refractivity contribution in [2.45, 2.75) is 25.9 Å². The molecule has 1 aromatic heterocycles. The van der Waals surface area contributed by atoms with Crippen LogP contribution in [0.5, 0.6) is 0 Å². The molecule has 1 aliphatic rings. The first kappa shape index (κ1) is 22.6. The van der Waals surface area contributed by atoms with E-state index in [0.29, 0.717) is 13.2 Å². The number of guanidine groups is 1. The van der Waals surface area contributed by atoms with Crippen LogP contribution in [-0.4, -0.2) is 54.0 Å². The minimum absolute atomic E-state index is 0. The van der Waals surface area contributed by atoms with Crippen LogP contribution >= 0.6 is 24.0 Å². The highest BCUT2D eigenvalue weighted by Crippen LogP contribution is 2.31. The number of rotatable bonds is 8. The number of hydrogen-bond acceptors (Lipinski definition) is 4. The number of benzene rings is 1. The number of ether oxygens (including phenoxy) is 1. The summed E-state index contributed by atoms with van der Waals surface area (Å²) in [5.74, 6) is 0.763. The third kappa shape index (κ3) is 6.46. The summed E-state index contributed by atoms with van der Waals surface area (Å²) in [5, 5.41) is 16.1. The van der Waals surface area contributed by atoms with Gasteiger partial charge in [-0.15, -0.1) is 24.0 Å². The second-order valence-corrected chi connectivity index (χ2v) is 7.11.